The molecule has 7 heteroatoms. The van der Waals surface area contributed by atoms with Gasteiger partial charge in [0.25, 0.3) is 5.89 Å². The maximum atomic E-state index is 5.74. The SMILES string of the molecule is Cn1ccnc1-c1noc(-c2cc(N)cc(N)c2)n1. The van der Waals surface area contributed by atoms with Crippen LogP contribution in [0.5, 0.6) is 0 Å². The number of anilines is 2. The third-order valence-corrected chi connectivity index (χ3v) is 2.67. The summed E-state index contributed by atoms with van der Waals surface area (Å²) in [6, 6.07) is 5.12. The molecule has 0 atom stereocenters. The average Bonchev–Trinajstić information content (AvgIpc) is 2.95. The minimum absolute atomic E-state index is 0.358. The van der Waals surface area contributed by atoms with Crippen LogP contribution < -0.4 is 11.5 Å². The summed E-state index contributed by atoms with van der Waals surface area (Å²) in [7, 11) is 1.86. The van der Waals surface area contributed by atoms with Crippen molar-refractivity contribution in [3.05, 3.63) is 30.6 Å². The van der Waals surface area contributed by atoms with Gasteiger partial charge in [0.2, 0.25) is 5.82 Å². The summed E-state index contributed by atoms with van der Waals surface area (Å²) in [5.41, 5.74) is 13.3. The van der Waals surface area contributed by atoms with E-state index in [-0.39, 0.29) is 0 Å². The minimum Gasteiger partial charge on any atom is -0.399 e. The van der Waals surface area contributed by atoms with E-state index in [9.17, 15) is 0 Å². The Morgan fingerprint density at radius 3 is 2.53 bits per heavy atom. The zero-order valence-corrected chi connectivity index (χ0v) is 10.2. The fourth-order valence-corrected chi connectivity index (χ4v) is 1.81. The van der Waals surface area contributed by atoms with Crippen LogP contribution in [0.25, 0.3) is 23.1 Å². The largest absolute Gasteiger partial charge is 0.399 e. The minimum atomic E-state index is 0.358. The molecule has 0 radical (unpaired) electrons. The van der Waals surface area contributed by atoms with E-state index in [1.54, 1.807) is 24.4 Å². The molecule has 0 amide bonds. The molecule has 2 heterocycles. The van der Waals surface area contributed by atoms with Crippen molar-refractivity contribution in [2.45, 2.75) is 0 Å². The van der Waals surface area contributed by atoms with Gasteiger partial charge in [0.1, 0.15) is 0 Å². The van der Waals surface area contributed by atoms with Gasteiger partial charge in [0, 0.05) is 36.4 Å². The Kier molecular flexibility index (Phi) is 2.45. The van der Waals surface area contributed by atoms with Crippen LogP contribution in [-0.2, 0) is 7.05 Å². The third-order valence-electron chi connectivity index (χ3n) is 2.67. The Bertz CT molecular complexity index is 709. The molecule has 2 aromatic heterocycles. The zero-order valence-electron chi connectivity index (χ0n) is 10.2. The van der Waals surface area contributed by atoms with Gasteiger partial charge in [0.05, 0.1) is 0 Å². The van der Waals surface area contributed by atoms with Gasteiger partial charge in [-0.2, -0.15) is 4.98 Å². The summed E-state index contributed by atoms with van der Waals surface area (Å²) >= 11 is 0. The molecule has 0 saturated carbocycles. The van der Waals surface area contributed by atoms with Crippen molar-refractivity contribution in [3.63, 3.8) is 0 Å². The number of benzene rings is 1. The molecule has 0 spiro atoms. The van der Waals surface area contributed by atoms with Crippen LogP contribution in [0, 0.1) is 0 Å². The van der Waals surface area contributed by atoms with E-state index in [4.69, 9.17) is 16.0 Å². The van der Waals surface area contributed by atoms with Gasteiger partial charge in [-0.15, -0.1) is 0 Å². The predicted octanol–water partition coefficient (Wildman–Crippen LogP) is 1.30. The molecule has 0 aliphatic rings. The highest BCUT2D eigenvalue weighted by molar-refractivity contribution is 5.67. The van der Waals surface area contributed by atoms with E-state index >= 15 is 0 Å². The number of hydrogen-bond donors (Lipinski definition) is 2. The first-order chi connectivity index (χ1) is 9.13. The van der Waals surface area contributed by atoms with Crippen LogP contribution in [0.1, 0.15) is 0 Å². The van der Waals surface area contributed by atoms with E-state index in [1.807, 2.05) is 17.8 Å². The fraction of sp³-hybridized carbons (Fsp3) is 0.0833. The van der Waals surface area contributed by atoms with Crippen LogP contribution in [0.4, 0.5) is 11.4 Å². The molecule has 4 N–H and O–H groups in total. The van der Waals surface area contributed by atoms with Gasteiger partial charge < -0.3 is 20.6 Å². The van der Waals surface area contributed by atoms with Crippen molar-refractivity contribution in [3.8, 4) is 23.1 Å². The number of hydrogen-bond acceptors (Lipinski definition) is 6. The third kappa shape index (κ3) is 2.01. The zero-order chi connectivity index (χ0) is 13.4. The van der Waals surface area contributed by atoms with Crippen LogP contribution in [0.2, 0.25) is 0 Å². The number of rotatable bonds is 2. The fourth-order valence-electron chi connectivity index (χ4n) is 1.81. The van der Waals surface area contributed by atoms with Crippen molar-refractivity contribution in [1.82, 2.24) is 19.7 Å². The first-order valence-electron chi connectivity index (χ1n) is 5.61. The number of aromatic nitrogens is 4. The average molecular weight is 256 g/mol. The molecule has 3 aromatic rings. The highest BCUT2D eigenvalue weighted by atomic mass is 16.5. The Labute approximate surface area is 108 Å². The number of aryl methyl sites for hydroxylation is 1. The van der Waals surface area contributed by atoms with Crippen molar-refractivity contribution in [2.24, 2.45) is 7.05 Å². The van der Waals surface area contributed by atoms with Gasteiger partial charge in [-0.25, -0.2) is 4.98 Å². The van der Waals surface area contributed by atoms with Crippen molar-refractivity contribution in [1.29, 1.82) is 0 Å². The second-order valence-electron chi connectivity index (χ2n) is 4.17. The molecule has 0 aliphatic carbocycles. The summed E-state index contributed by atoms with van der Waals surface area (Å²) in [6.07, 6.45) is 3.48. The lowest BCUT2D eigenvalue weighted by Gasteiger charge is -1.99. The predicted molar refractivity (Wildman–Crippen MR) is 70.8 cm³/mol. The van der Waals surface area contributed by atoms with Gasteiger partial charge in [-0.05, 0) is 18.2 Å². The molecule has 19 heavy (non-hydrogen) atoms. The van der Waals surface area contributed by atoms with Crippen LogP contribution >= 0.6 is 0 Å². The molecular formula is C12H12N6O. The molecule has 0 bridgehead atoms. The Balaban J connectivity index is 2.04. The Morgan fingerprint density at radius 2 is 1.89 bits per heavy atom. The van der Waals surface area contributed by atoms with Crippen molar-refractivity contribution < 1.29 is 4.52 Å². The molecule has 7 nitrogen and oxygen atoms in total. The molecule has 3 rings (SSSR count). The summed E-state index contributed by atoms with van der Waals surface area (Å²) in [6.45, 7) is 0. The van der Waals surface area contributed by atoms with E-state index in [0.29, 0.717) is 34.5 Å². The monoisotopic (exact) mass is 256 g/mol. The second kappa shape index (κ2) is 4.13. The molecule has 0 unspecified atom stereocenters. The maximum Gasteiger partial charge on any atom is 0.258 e. The number of imidazole rings is 1. The molecule has 0 saturated heterocycles. The first kappa shape index (κ1) is 11.3. The lowest BCUT2D eigenvalue weighted by molar-refractivity contribution is 0.431. The highest BCUT2D eigenvalue weighted by Crippen LogP contribution is 2.25. The first-order valence-corrected chi connectivity index (χ1v) is 5.61. The van der Waals surface area contributed by atoms with Crippen molar-refractivity contribution in [2.75, 3.05) is 11.5 Å². The molecule has 96 valence electrons. The van der Waals surface area contributed by atoms with Gasteiger partial charge in [-0.1, -0.05) is 5.16 Å². The summed E-state index contributed by atoms with van der Waals surface area (Å²) in [5.74, 6) is 1.41. The molecule has 0 aliphatic heterocycles. The quantitative estimate of drug-likeness (QED) is 0.669. The second-order valence-corrected chi connectivity index (χ2v) is 4.17. The lowest BCUT2D eigenvalue weighted by atomic mass is 10.2. The van der Waals surface area contributed by atoms with Crippen LogP contribution in [-0.4, -0.2) is 19.7 Å². The van der Waals surface area contributed by atoms with Gasteiger partial charge in [0.15, 0.2) is 5.82 Å². The number of nitrogens with two attached hydrogens (primary N) is 2. The van der Waals surface area contributed by atoms with Crippen molar-refractivity contribution >= 4 is 11.4 Å². The maximum absolute atomic E-state index is 5.74. The number of nitrogen functional groups attached to an aromatic ring is 2. The molecular weight excluding hydrogens is 244 g/mol. The lowest BCUT2D eigenvalue weighted by Crippen LogP contribution is -1.93. The van der Waals surface area contributed by atoms with E-state index < -0.39 is 0 Å². The normalized spacial score (nSPS) is 10.8. The summed E-state index contributed by atoms with van der Waals surface area (Å²) < 4.78 is 7.02. The standard InChI is InChI=1S/C12H12N6O/c1-18-3-2-15-11(18)10-16-12(19-17-10)7-4-8(13)6-9(14)5-7/h2-6H,13-14H2,1H3. The summed E-state index contributed by atoms with van der Waals surface area (Å²) in [4.78, 5) is 8.45. The van der Waals surface area contributed by atoms with E-state index in [1.165, 1.54) is 0 Å². The van der Waals surface area contributed by atoms with Gasteiger partial charge in [-0.3, -0.25) is 0 Å². The number of nitrogens with zero attached hydrogens (tertiary/aromatic N) is 4. The van der Waals surface area contributed by atoms with E-state index in [2.05, 4.69) is 15.1 Å². The van der Waals surface area contributed by atoms with Gasteiger partial charge >= 0.3 is 0 Å². The Hall–Kier alpha value is -2.83. The Morgan fingerprint density at radius 1 is 1.16 bits per heavy atom. The van der Waals surface area contributed by atoms with Crippen LogP contribution in [0.3, 0.4) is 0 Å². The highest BCUT2D eigenvalue weighted by Gasteiger charge is 2.14. The molecule has 1 aromatic carbocycles. The summed E-state index contributed by atoms with van der Waals surface area (Å²) in [5, 5.41) is 3.90. The van der Waals surface area contributed by atoms with E-state index in [0.717, 1.165) is 0 Å². The smallest absolute Gasteiger partial charge is 0.258 e. The molecule has 0 fully saturated rings. The van der Waals surface area contributed by atoms with Crippen LogP contribution in [0.15, 0.2) is 35.1 Å². The topological polar surface area (TPSA) is 109 Å².